The summed E-state index contributed by atoms with van der Waals surface area (Å²) in [4.78, 5) is 11.2. The number of Topliss-reactive ketones (excluding diaryl/α,β-unsaturated/α-hetero) is 1. The highest BCUT2D eigenvalue weighted by molar-refractivity contribution is 5.77. The Morgan fingerprint density at radius 3 is 2.09 bits per heavy atom. The number of rotatable bonds is 10. The molecule has 1 aliphatic rings. The number of hydrogen-bond donors (Lipinski definition) is 0. The molecule has 1 aliphatic carbocycles. The summed E-state index contributed by atoms with van der Waals surface area (Å²) >= 11 is 0. The Morgan fingerprint density at radius 2 is 1.59 bits per heavy atom. The van der Waals surface area contributed by atoms with Crippen LogP contribution in [0.1, 0.15) is 79.6 Å². The lowest BCUT2D eigenvalue weighted by atomic mass is 9.83. The highest BCUT2D eigenvalue weighted by Gasteiger charge is 2.21. The molecule has 0 aromatic rings. The molecule has 0 aliphatic heterocycles. The molecule has 0 atom stereocenters. The van der Waals surface area contributed by atoms with Crippen LogP contribution in [0, 0.1) is 11.8 Å². The second-order valence-corrected chi connectivity index (χ2v) is 6.34. The van der Waals surface area contributed by atoms with Gasteiger partial charge in [0.25, 0.3) is 0 Å². The van der Waals surface area contributed by atoms with Gasteiger partial charge in [0.1, 0.15) is 5.78 Å². The molecule has 3 heteroatoms. The molecule has 1 fully saturated rings. The smallest absolute Gasteiger partial charge is 0.132 e. The van der Waals surface area contributed by atoms with Gasteiger partial charge in [0.05, 0.1) is 6.10 Å². The van der Waals surface area contributed by atoms with Crippen molar-refractivity contribution in [1.29, 1.82) is 0 Å². The van der Waals surface area contributed by atoms with E-state index in [0.29, 0.717) is 30.6 Å². The molecule has 22 heavy (non-hydrogen) atoms. The minimum Gasteiger partial charge on any atom is -0.381 e. The predicted molar refractivity (Wildman–Crippen MR) is 93.2 cm³/mol. The van der Waals surface area contributed by atoms with E-state index in [9.17, 15) is 4.79 Å². The van der Waals surface area contributed by atoms with Crippen molar-refractivity contribution in [1.82, 2.24) is 0 Å². The van der Waals surface area contributed by atoms with E-state index in [0.717, 1.165) is 32.2 Å². The SMILES string of the molecule is CC.CCC(=O)CCCOCC1CCC(COC(C)C)CC1. The van der Waals surface area contributed by atoms with Crippen LogP contribution in [0.25, 0.3) is 0 Å². The average Bonchev–Trinajstić information content (AvgIpc) is 2.55. The van der Waals surface area contributed by atoms with Crippen molar-refractivity contribution < 1.29 is 14.3 Å². The highest BCUT2D eigenvalue weighted by Crippen LogP contribution is 2.29. The van der Waals surface area contributed by atoms with Crippen molar-refractivity contribution in [3.63, 3.8) is 0 Å². The molecule has 1 saturated carbocycles. The van der Waals surface area contributed by atoms with Crippen molar-refractivity contribution >= 4 is 5.78 Å². The van der Waals surface area contributed by atoms with E-state index in [1.54, 1.807) is 0 Å². The van der Waals surface area contributed by atoms with Gasteiger partial charge in [0, 0.05) is 32.7 Å². The lowest BCUT2D eigenvalue weighted by Crippen LogP contribution is -2.23. The van der Waals surface area contributed by atoms with Gasteiger partial charge in [-0.3, -0.25) is 4.79 Å². The zero-order valence-corrected chi connectivity index (χ0v) is 15.5. The van der Waals surface area contributed by atoms with Crippen molar-refractivity contribution in [3.05, 3.63) is 0 Å². The molecular formula is C19H38O3. The van der Waals surface area contributed by atoms with E-state index < -0.39 is 0 Å². The number of hydrogen-bond acceptors (Lipinski definition) is 3. The fraction of sp³-hybridized carbons (Fsp3) is 0.947. The number of ether oxygens (including phenoxy) is 2. The van der Waals surface area contributed by atoms with Crippen LogP contribution >= 0.6 is 0 Å². The molecule has 0 N–H and O–H groups in total. The zero-order chi connectivity index (χ0) is 16.8. The van der Waals surface area contributed by atoms with E-state index in [1.165, 1.54) is 25.7 Å². The van der Waals surface area contributed by atoms with E-state index in [2.05, 4.69) is 13.8 Å². The third kappa shape index (κ3) is 11.2. The molecule has 0 bridgehead atoms. The minimum absolute atomic E-state index is 0.347. The summed E-state index contributed by atoms with van der Waals surface area (Å²) < 4.78 is 11.4. The van der Waals surface area contributed by atoms with E-state index in [4.69, 9.17) is 9.47 Å². The predicted octanol–water partition coefficient (Wildman–Crippen LogP) is 5.02. The van der Waals surface area contributed by atoms with Crippen LogP contribution in [0.5, 0.6) is 0 Å². The number of carbonyl (C=O) groups excluding carboxylic acids is 1. The minimum atomic E-state index is 0.347. The van der Waals surface area contributed by atoms with Crippen LogP contribution in [0.15, 0.2) is 0 Å². The van der Waals surface area contributed by atoms with Gasteiger partial charge in [-0.15, -0.1) is 0 Å². The first-order chi connectivity index (χ1) is 10.6. The highest BCUT2D eigenvalue weighted by atomic mass is 16.5. The molecule has 0 heterocycles. The van der Waals surface area contributed by atoms with Gasteiger partial charge >= 0.3 is 0 Å². The van der Waals surface area contributed by atoms with Crippen LogP contribution in [0.3, 0.4) is 0 Å². The maximum atomic E-state index is 11.2. The van der Waals surface area contributed by atoms with Gasteiger partial charge in [-0.1, -0.05) is 20.8 Å². The maximum Gasteiger partial charge on any atom is 0.132 e. The molecule has 0 radical (unpaired) electrons. The molecule has 0 saturated heterocycles. The van der Waals surface area contributed by atoms with Crippen LogP contribution in [0.4, 0.5) is 0 Å². The van der Waals surface area contributed by atoms with Crippen LogP contribution in [0.2, 0.25) is 0 Å². The zero-order valence-electron chi connectivity index (χ0n) is 15.5. The average molecular weight is 315 g/mol. The third-order valence-corrected chi connectivity index (χ3v) is 4.12. The van der Waals surface area contributed by atoms with Crippen molar-refractivity contribution in [2.24, 2.45) is 11.8 Å². The first kappa shape index (κ1) is 21.6. The second kappa shape index (κ2) is 14.2. The van der Waals surface area contributed by atoms with Crippen molar-refractivity contribution in [3.8, 4) is 0 Å². The number of carbonyl (C=O) groups is 1. The Bertz CT molecular complexity index is 255. The summed E-state index contributed by atoms with van der Waals surface area (Å²) in [7, 11) is 0. The monoisotopic (exact) mass is 314 g/mol. The van der Waals surface area contributed by atoms with Gasteiger partial charge in [-0.25, -0.2) is 0 Å². The lowest BCUT2D eigenvalue weighted by Gasteiger charge is -2.28. The Hall–Kier alpha value is -0.410. The molecule has 0 aromatic carbocycles. The summed E-state index contributed by atoms with van der Waals surface area (Å²) in [5.74, 6) is 1.81. The van der Waals surface area contributed by atoms with Crippen molar-refractivity contribution in [2.75, 3.05) is 19.8 Å². The Kier molecular flexibility index (Phi) is 13.9. The largest absolute Gasteiger partial charge is 0.381 e. The summed E-state index contributed by atoms with van der Waals surface area (Å²) in [6.45, 7) is 12.7. The first-order valence-electron chi connectivity index (χ1n) is 9.32. The van der Waals surface area contributed by atoms with Crippen molar-refractivity contribution in [2.45, 2.75) is 85.7 Å². The van der Waals surface area contributed by atoms with Gasteiger partial charge in [-0.2, -0.15) is 0 Å². The van der Waals surface area contributed by atoms with Gasteiger partial charge in [0.2, 0.25) is 0 Å². The molecule has 0 unspecified atom stereocenters. The number of ketones is 1. The Balaban J connectivity index is 0.00000211. The third-order valence-electron chi connectivity index (χ3n) is 4.12. The van der Waals surface area contributed by atoms with Crippen LogP contribution < -0.4 is 0 Å². The van der Waals surface area contributed by atoms with Crippen LogP contribution in [-0.4, -0.2) is 31.7 Å². The molecule has 0 spiro atoms. The first-order valence-corrected chi connectivity index (χ1v) is 9.32. The molecule has 0 aromatic heterocycles. The molecule has 3 nitrogen and oxygen atoms in total. The summed E-state index contributed by atoms with van der Waals surface area (Å²) in [6, 6.07) is 0. The lowest BCUT2D eigenvalue weighted by molar-refractivity contribution is -0.119. The fourth-order valence-electron chi connectivity index (χ4n) is 2.69. The summed E-state index contributed by atoms with van der Waals surface area (Å²) in [5.41, 5.74) is 0. The van der Waals surface area contributed by atoms with E-state index >= 15 is 0 Å². The van der Waals surface area contributed by atoms with E-state index in [-0.39, 0.29) is 0 Å². The second-order valence-electron chi connectivity index (χ2n) is 6.34. The van der Waals surface area contributed by atoms with Gasteiger partial charge < -0.3 is 9.47 Å². The molecule has 1 rings (SSSR count). The maximum absolute atomic E-state index is 11.2. The normalized spacial score (nSPS) is 21.4. The van der Waals surface area contributed by atoms with Crippen LogP contribution in [-0.2, 0) is 14.3 Å². The molecular weight excluding hydrogens is 276 g/mol. The summed E-state index contributed by atoms with van der Waals surface area (Å²) in [6.07, 6.45) is 7.63. The summed E-state index contributed by atoms with van der Waals surface area (Å²) in [5, 5.41) is 0. The molecule has 0 amide bonds. The van der Waals surface area contributed by atoms with Gasteiger partial charge in [-0.05, 0) is 57.8 Å². The topological polar surface area (TPSA) is 35.5 Å². The fourth-order valence-corrected chi connectivity index (χ4v) is 2.69. The Morgan fingerprint density at radius 1 is 1.05 bits per heavy atom. The Labute approximate surface area is 138 Å². The quantitative estimate of drug-likeness (QED) is 0.531. The standard InChI is InChI=1S/C17H32O3.C2H6/c1-4-17(18)6-5-11-19-12-15-7-9-16(10-8-15)13-20-14(2)3;1-2/h14-16H,4-13H2,1-3H3;1-2H3. The van der Waals surface area contributed by atoms with Gasteiger partial charge in [0.15, 0.2) is 0 Å². The van der Waals surface area contributed by atoms with E-state index in [1.807, 2.05) is 20.8 Å². The molecule has 132 valence electrons.